The van der Waals surface area contributed by atoms with Crippen LogP contribution in [0.4, 0.5) is 5.82 Å². The van der Waals surface area contributed by atoms with Gasteiger partial charge in [-0.25, -0.2) is 4.98 Å². The topological polar surface area (TPSA) is 50.3 Å². The number of hydrogen-bond acceptors (Lipinski definition) is 5. The number of aromatic nitrogens is 2. The summed E-state index contributed by atoms with van der Waals surface area (Å²) in [5.41, 5.74) is 0.981. The highest BCUT2D eigenvalue weighted by molar-refractivity contribution is 5.34. The standard InChI is InChI=1S/C14H26N4O/c1-12(2)8-15-9-13-10-17-14(11-16-13)18(3)6-5-7-19-4/h10-12,15H,5-9H2,1-4H3. The van der Waals surface area contributed by atoms with Gasteiger partial charge in [0.25, 0.3) is 0 Å². The Balaban J connectivity index is 2.37. The van der Waals surface area contributed by atoms with Crippen molar-refractivity contribution in [2.24, 2.45) is 5.92 Å². The predicted octanol–water partition coefficient (Wildman–Crippen LogP) is 1.69. The maximum atomic E-state index is 5.04. The summed E-state index contributed by atoms with van der Waals surface area (Å²) >= 11 is 0. The Bertz CT molecular complexity index is 340. The van der Waals surface area contributed by atoms with Gasteiger partial charge < -0.3 is 15.0 Å². The lowest BCUT2D eigenvalue weighted by Crippen LogP contribution is -2.22. The summed E-state index contributed by atoms with van der Waals surface area (Å²) in [6, 6.07) is 0. The highest BCUT2D eigenvalue weighted by Crippen LogP contribution is 2.07. The van der Waals surface area contributed by atoms with Gasteiger partial charge in [-0.2, -0.15) is 0 Å². The minimum absolute atomic E-state index is 0.652. The van der Waals surface area contributed by atoms with Crippen LogP contribution in [0, 0.1) is 5.92 Å². The highest BCUT2D eigenvalue weighted by Gasteiger charge is 2.03. The first kappa shape index (κ1) is 15.9. The second kappa shape index (κ2) is 8.82. The smallest absolute Gasteiger partial charge is 0.146 e. The lowest BCUT2D eigenvalue weighted by molar-refractivity contribution is 0.196. The molecule has 0 saturated carbocycles. The Morgan fingerprint density at radius 1 is 1.32 bits per heavy atom. The third-order valence-corrected chi connectivity index (χ3v) is 2.78. The van der Waals surface area contributed by atoms with Gasteiger partial charge in [-0.15, -0.1) is 0 Å². The van der Waals surface area contributed by atoms with Crippen LogP contribution in [0.1, 0.15) is 26.0 Å². The van der Waals surface area contributed by atoms with Crippen molar-refractivity contribution < 1.29 is 4.74 Å². The second-order valence-corrected chi connectivity index (χ2v) is 5.16. The fourth-order valence-electron chi connectivity index (χ4n) is 1.69. The van der Waals surface area contributed by atoms with E-state index in [1.165, 1.54) is 0 Å². The van der Waals surface area contributed by atoms with Crippen molar-refractivity contribution in [1.29, 1.82) is 0 Å². The molecule has 0 unspecified atom stereocenters. The lowest BCUT2D eigenvalue weighted by Gasteiger charge is -2.17. The van der Waals surface area contributed by atoms with E-state index in [0.717, 1.165) is 44.2 Å². The van der Waals surface area contributed by atoms with Gasteiger partial charge in [0.2, 0.25) is 0 Å². The number of nitrogens with zero attached hydrogens (tertiary/aromatic N) is 3. The van der Waals surface area contributed by atoms with Crippen LogP contribution >= 0.6 is 0 Å². The van der Waals surface area contributed by atoms with Gasteiger partial charge in [0, 0.05) is 33.9 Å². The van der Waals surface area contributed by atoms with Crippen LogP contribution in [0.15, 0.2) is 12.4 Å². The van der Waals surface area contributed by atoms with Crippen LogP contribution in [0.5, 0.6) is 0 Å². The van der Waals surface area contributed by atoms with Crippen molar-refractivity contribution in [1.82, 2.24) is 15.3 Å². The van der Waals surface area contributed by atoms with E-state index in [1.807, 2.05) is 19.4 Å². The summed E-state index contributed by atoms with van der Waals surface area (Å²) in [6.07, 6.45) is 4.67. The van der Waals surface area contributed by atoms with Crippen LogP contribution in [0.2, 0.25) is 0 Å². The molecule has 0 radical (unpaired) electrons. The molecule has 0 spiro atoms. The third kappa shape index (κ3) is 6.50. The average Bonchev–Trinajstić information content (AvgIpc) is 2.39. The minimum atomic E-state index is 0.652. The van der Waals surface area contributed by atoms with Gasteiger partial charge >= 0.3 is 0 Å². The van der Waals surface area contributed by atoms with Crippen molar-refractivity contribution in [3.8, 4) is 0 Å². The Morgan fingerprint density at radius 2 is 2.11 bits per heavy atom. The van der Waals surface area contributed by atoms with Gasteiger partial charge in [-0.05, 0) is 18.9 Å². The monoisotopic (exact) mass is 266 g/mol. The molecule has 5 heteroatoms. The number of ether oxygens (including phenoxy) is 1. The van der Waals surface area contributed by atoms with Crippen LogP contribution in [0.3, 0.4) is 0 Å². The molecule has 0 aliphatic heterocycles. The highest BCUT2D eigenvalue weighted by atomic mass is 16.5. The molecule has 0 aliphatic rings. The van der Waals surface area contributed by atoms with Crippen LogP contribution < -0.4 is 10.2 Å². The van der Waals surface area contributed by atoms with E-state index < -0.39 is 0 Å². The molecule has 0 bridgehead atoms. The molecule has 108 valence electrons. The normalized spacial score (nSPS) is 11.0. The van der Waals surface area contributed by atoms with Crippen molar-refractivity contribution in [3.05, 3.63) is 18.1 Å². The molecule has 1 aromatic heterocycles. The first-order valence-corrected chi connectivity index (χ1v) is 6.85. The molecule has 1 heterocycles. The van der Waals surface area contributed by atoms with E-state index in [-0.39, 0.29) is 0 Å². The summed E-state index contributed by atoms with van der Waals surface area (Å²) in [4.78, 5) is 11.0. The first-order chi connectivity index (χ1) is 9.13. The molecule has 0 aliphatic carbocycles. The van der Waals surface area contributed by atoms with Gasteiger partial charge in [0.05, 0.1) is 18.1 Å². The zero-order valence-electron chi connectivity index (χ0n) is 12.5. The fourth-order valence-corrected chi connectivity index (χ4v) is 1.69. The maximum Gasteiger partial charge on any atom is 0.146 e. The summed E-state index contributed by atoms with van der Waals surface area (Å²) < 4.78 is 5.04. The Kier molecular flexibility index (Phi) is 7.36. The Morgan fingerprint density at radius 3 is 2.68 bits per heavy atom. The molecule has 19 heavy (non-hydrogen) atoms. The fraction of sp³-hybridized carbons (Fsp3) is 0.714. The number of nitrogens with one attached hydrogen (secondary N) is 1. The first-order valence-electron chi connectivity index (χ1n) is 6.85. The van der Waals surface area contributed by atoms with Crippen LogP contribution in [-0.4, -0.2) is 43.8 Å². The summed E-state index contributed by atoms with van der Waals surface area (Å²) in [5, 5.41) is 3.36. The van der Waals surface area contributed by atoms with E-state index in [4.69, 9.17) is 4.74 Å². The lowest BCUT2D eigenvalue weighted by atomic mass is 10.2. The maximum absolute atomic E-state index is 5.04. The summed E-state index contributed by atoms with van der Waals surface area (Å²) in [5.74, 6) is 1.56. The van der Waals surface area contributed by atoms with Gasteiger partial charge in [0.15, 0.2) is 0 Å². The van der Waals surface area contributed by atoms with E-state index >= 15 is 0 Å². The largest absolute Gasteiger partial charge is 0.385 e. The predicted molar refractivity (Wildman–Crippen MR) is 78.3 cm³/mol. The molecular weight excluding hydrogens is 240 g/mol. The van der Waals surface area contributed by atoms with E-state index in [2.05, 4.69) is 34.0 Å². The van der Waals surface area contributed by atoms with Gasteiger partial charge in [-0.1, -0.05) is 13.8 Å². The van der Waals surface area contributed by atoms with Gasteiger partial charge in [0.1, 0.15) is 5.82 Å². The van der Waals surface area contributed by atoms with Crippen molar-refractivity contribution in [3.63, 3.8) is 0 Å². The molecule has 0 aromatic carbocycles. The molecule has 0 fully saturated rings. The zero-order chi connectivity index (χ0) is 14.1. The Labute approximate surface area is 116 Å². The summed E-state index contributed by atoms with van der Waals surface area (Å²) in [6.45, 7) is 7.86. The van der Waals surface area contributed by atoms with Crippen molar-refractivity contribution in [2.75, 3.05) is 38.8 Å². The quantitative estimate of drug-likeness (QED) is 0.689. The Hall–Kier alpha value is -1.20. The molecule has 0 atom stereocenters. The van der Waals surface area contributed by atoms with E-state index in [9.17, 15) is 0 Å². The molecular formula is C14H26N4O. The molecule has 1 rings (SSSR count). The zero-order valence-corrected chi connectivity index (χ0v) is 12.5. The van der Waals surface area contributed by atoms with E-state index in [1.54, 1.807) is 7.11 Å². The number of methoxy groups -OCH3 is 1. The molecule has 1 aromatic rings. The molecule has 0 amide bonds. The number of anilines is 1. The molecule has 0 saturated heterocycles. The average molecular weight is 266 g/mol. The number of rotatable bonds is 9. The number of hydrogen-bond donors (Lipinski definition) is 1. The van der Waals surface area contributed by atoms with Crippen molar-refractivity contribution >= 4 is 5.82 Å². The third-order valence-electron chi connectivity index (χ3n) is 2.78. The second-order valence-electron chi connectivity index (χ2n) is 5.16. The van der Waals surface area contributed by atoms with Crippen LogP contribution in [-0.2, 0) is 11.3 Å². The van der Waals surface area contributed by atoms with Gasteiger partial charge in [-0.3, -0.25) is 4.98 Å². The van der Waals surface area contributed by atoms with E-state index in [0.29, 0.717) is 5.92 Å². The van der Waals surface area contributed by atoms with Crippen LogP contribution in [0.25, 0.3) is 0 Å². The summed E-state index contributed by atoms with van der Waals surface area (Å²) in [7, 11) is 3.75. The molecule has 1 N–H and O–H groups in total. The SMILES string of the molecule is COCCCN(C)c1cnc(CNCC(C)C)cn1. The minimum Gasteiger partial charge on any atom is -0.385 e. The van der Waals surface area contributed by atoms with Crippen molar-refractivity contribution in [2.45, 2.75) is 26.8 Å². The molecule has 5 nitrogen and oxygen atoms in total.